The maximum Gasteiger partial charge on any atom is 0.417 e. The van der Waals surface area contributed by atoms with E-state index in [1.165, 1.54) is 0 Å². The summed E-state index contributed by atoms with van der Waals surface area (Å²) in [7, 11) is 0. The molecule has 1 aliphatic rings. The first kappa shape index (κ1) is 22.2. The Morgan fingerprint density at radius 2 is 2.06 bits per heavy atom. The van der Waals surface area contributed by atoms with E-state index in [0.29, 0.717) is 16.9 Å². The van der Waals surface area contributed by atoms with Crippen LogP contribution in [0, 0.1) is 6.92 Å². The van der Waals surface area contributed by atoms with Gasteiger partial charge in [0.1, 0.15) is 11.3 Å². The van der Waals surface area contributed by atoms with Crippen molar-refractivity contribution in [3.8, 4) is 11.3 Å². The molecule has 0 aliphatic carbocycles. The lowest BCUT2D eigenvalue weighted by Gasteiger charge is -2.39. The summed E-state index contributed by atoms with van der Waals surface area (Å²) in [6, 6.07) is 13.5. The zero-order valence-electron chi connectivity index (χ0n) is 19.0. The van der Waals surface area contributed by atoms with Gasteiger partial charge in [-0.25, -0.2) is 9.78 Å². The second-order valence-electron chi connectivity index (χ2n) is 8.28. The molecule has 1 atom stereocenters. The number of rotatable bonds is 5. The van der Waals surface area contributed by atoms with Crippen LogP contribution in [0.1, 0.15) is 12.5 Å². The molecule has 0 bridgehead atoms. The van der Waals surface area contributed by atoms with Crippen LogP contribution < -0.4 is 21.7 Å². The van der Waals surface area contributed by atoms with E-state index in [-0.39, 0.29) is 11.4 Å². The Kier molecular flexibility index (Phi) is 5.89. The molecule has 176 valence electrons. The number of hydrogen-bond donors (Lipinski definition) is 3. The standard InChI is InChI=1S/C24H26ClN7O2/c1-3-31-10-11-32(13-20(31)25)18-7-5-4-6-16(18)21-14(2)22(30-23(26)29-21)27-15-8-9-19-17(12-15)28-24(33)34-19/h4-9,12,20H,3,10-11,13H2,1-2H3,(H,28,33)(H3,26,27,29,30). The molecule has 0 saturated carbocycles. The van der Waals surface area contributed by atoms with Gasteiger partial charge < -0.3 is 20.4 Å². The quantitative estimate of drug-likeness (QED) is 0.291. The summed E-state index contributed by atoms with van der Waals surface area (Å²) in [5.74, 6) is 0.266. The molecular weight excluding hydrogens is 454 g/mol. The van der Waals surface area contributed by atoms with Crippen LogP contribution >= 0.6 is 11.6 Å². The molecule has 0 spiro atoms. The zero-order chi connectivity index (χ0) is 23.8. The number of para-hydroxylation sites is 1. The third-order valence-corrected chi connectivity index (χ3v) is 6.59. The van der Waals surface area contributed by atoms with Crippen LogP contribution in [0.3, 0.4) is 0 Å². The molecule has 3 heterocycles. The van der Waals surface area contributed by atoms with Crippen molar-refractivity contribution >= 4 is 45.8 Å². The number of oxazole rings is 1. The van der Waals surface area contributed by atoms with E-state index < -0.39 is 5.76 Å². The smallest absolute Gasteiger partial charge is 0.408 e. The minimum absolute atomic E-state index is 0.0510. The van der Waals surface area contributed by atoms with Crippen molar-refractivity contribution in [2.45, 2.75) is 19.3 Å². The van der Waals surface area contributed by atoms with Crippen LogP contribution in [0.4, 0.5) is 23.1 Å². The average Bonchev–Trinajstić information content (AvgIpc) is 3.20. The number of anilines is 4. The van der Waals surface area contributed by atoms with Gasteiger partial charge in [0, 0.05) is 42.1 Å². The topological polar surface area (TPSA) is 116 Å². The van der Waals surface area contributed by atoms with Gasteiger partial charge in [0.25, 0.3) is 0 Å². The number of fused-ring (bicyclic) bond motifs is 1. The van der Waals surface area contributed by atoms with Crippen molar-refractivity contribution in [1.82, 2.24) is 19.9 Å². The molecule has 1 fully saturated rings. The molecule has 9 nitrogen and oxygen atoms in total. The second kappa shape index (κ2) is 9.00. The molecule has 2 aromatic carbocycles. The predicted octanol–water partition coefficient (Wildman–Crippen LogP) is 3.92. The Labute approximate surface area is 201 Å². The molecule has 1 aliphatic heterocycles. The molecule has 5 rings (SSSR count). The van der Waals surface area contributed by atoms with Crippen LogP contribution in [-0.4, -0.2) is 51.5 Å². The predicted molar refractivity (Wildman–Crippen MR) is 136 cm³/mol. The van der Waals surface area contributed by atoms with Crippen LogP contribution in [-0.2, 0) is 0 Å². The van der Waals surface area contributed by atoms with Gasteiger partial charge in [-0.05, 0) is 37.7 Å². The Hall–Kier alpha value is -3.56. The minimum Gasteiger partial charge on any atom is -0.408 e. The summed E-state index contributed by atoms with van der Waals surface area (Å²) in [6.45, 7) is 7.52. The third-order valence-electron chi connectivity index (χ3n) is 6.18. The first-order valence-corrected chi connectivity index (χ1v) is 11.6. The van der Waals surface area contributed by atoms with Crippen LogP contribution in [0.15, 0.2) is 51.7 Å². The Morgan fingerprint density at radius 1 is 1.24 bits per heavy atom. The number of nitrogens with zero attached hydrogens (tertiary/aromatic N) is 4. The van der Waals surface area contributed by atoms with Crippen LogP contribution in [0.5, 0.6) is 0 Å². The normalized spacial score (nSPS) is 16.8. The maximum atomic E-state index is 11.5. The van der Waals surface area contributed by atoms with Gasteiger partial charge in [0.15, 0.2) is 5.58 Å². The highest BCUT2D eigenvalue weighted by molar-refractivity contribution is 6.20. The highest BCUT2D eigenvalue weighted by Gasteiger charge is 2.26. The highest BCUT2D eigenvalue weighted by atomic mass is 35.5. The number of aromatic nitrogens is 3. The second-order valence-corrected chi connectivity index (χ2v) is 8.78. The van der Waals surface area contributed by atoms with E-state index in [1.54, 1.807) is 12.1 Å². The van der Waals surface area contributed by atoms with Crippen LogP contribution in [0.2, 0.25) is 0 Å². The molecule has 4 N–H and O–H groups in total. The largest absolute Gasteiger partial charge is 0.417 e. The van der Waals surface area contributed by atoms with Crippen molar-refractivity contribution < 1.29 is 4.42 Å². The molecule has 2 aromatic heterocycles. The average molecular weight is 480 g/mol. The number of nitrogens with two attached hydrogens (primary N) is 1. The molecule has 1 unspecified atom stereocenters. The fourth-order valence-corrected chi connectivity index (χ4v) is 4.79. The molecule has 4 aromatic rings. The monoisotopic (exact) mass is 479 g/mol. The molecule has 0 radical (unpaired) electrons. The molecule has 1 saturated heterocycles. The van der Waals surface area contributed by atoms with Crippen LogP contribution in [0.25, 0.3) is 22.4 Å². The minimum atomic E-state index is -0.493. The molecule has 34 heavy (non-hydrogen) atoms. The van der Waals surface area contributed by atoms with Crippen molar-refractivity contribution in [2.75, 3.05) is 42.1 Å². The number of H-pyrrole nitrogens is 1. The Balaban J connectivity index is 1.51. The number of piperazine rings is 1. The number of halogens is 1. The van der Waals surface area contributed by atoms with Gasteiger partial charge in [0.05, 0.1) is 11.2 Å². The lowest BCUT2D eigenvalue weighted by molar-refractivity contribution is 0.243. The van der Waals surface area contributed by atoms with E-state index in [1.807, 2.05) is 31.2 Å². The zero-order valence-corrected chi connectivity index (χ0v) is 19.8. The first-order chi connectivity index (χ1) is 16.4. The lowest BCUT2D eigenvalue weighted by atomic mass is 10.0. The summed E-state index contributed by atoms with van der Waals surface area (Å²) in [6.07, 6.45) is 0. The lowest BCUT2D eigenvalue weighted by Crippen LogP contribution is -2.50. The fraction of sp³-hybridized carbons (Fsp3) is 0.292. The third kappa shape index (κ3) is 4.20. The summed E-state index contributed by atoms with van der Waals surface area (Å²) < 4.78 is 5.08. The number of nitrogen functional groups attached to an aromatic ring is 1. The number of hydrogen-bond acceptors (Lipinski definition) is 8. The van der Waals surface area contributed by atoms with Gasteiger partial charge in [-0.3, -0.25) is 9.88 Å². The van der Waals surface area contributed by atoms with Crippen molar-refractivity contribution in [2.24, 2.45) is 0 Å². The van der Waals surface area contributed by atoms with Crippen molar-refractivity contribution in [3.05, 3.63) is 58.6 Å². The SMILES string of the molecule is CCN1CCN(c2ccccc2-c2nc(N)nc(Nc3ccc4oc(=O)[nH]c4c3)c2C)CC1Cl. The Bertz CT molecular complexity index is 1400. The van der Waals surface area contributed by atoms with E-state index in [2.05, 4.69) is 43.1 Å². The number of benzene rings is 2. The number of likely N-dealkylation sites (N-methyl/N-ethyl adjacent to an activating group) is 1. The highest BCUT2D eigenvalue weighted by Crippen LogP contribution is 2.36. The molecule has 0 amide bonds. The van der Waals surface area contributed by atoms with E-state index in [4.69, 9.17) is 21.8 Å². The summed E-state index contributed by atoms with van der Waals surface area (Å²) in [5, 5.41) is 3.31. The van der Waals surface area contributed by atoms with Crippen molar-refractivity contribution in [1.29, 1.82) is 0 Å². The van der Waals surface area contributed by atoms with Gasteiger partial charge in [0.2, 0.25) is 5.95 Å². The summed E-state index contributed by atoms with van der Waals surface area (Å²) >= 11 is 6.64. The van der Waals surface area contributed by atoms with E-state index in [0.717, 1.165) is 54.4 Å². The summed E-state index contributed by atoms with van der Waals surface area (Å²) in [5.41, 5.74) is 11.6. The van der Waals surface area contributed by atoms with Gasteiger partial charge in [-0.15, -0.1) is 11.6 Å². The number of nitrogens with one attached hydrogen (secondary N) is 2. The molecular formula is C24H26ClN7O2. The van der Waals surface area contributed by atoms with E-state index >= 15 is 0 Å². The van der Waals surface area contributed by atoms with Gasteiger partial charge in [-0.2, -0.15) is 4.98 Å². The summed E-state index contributed by atoms with van der Waals surface area (Å²) in [4.78, 5) is 27.7. The van der Waals surface area contributed by atoms with Gasteiger partial charge in [-0.1, -0.05) is 25.1 Å². The maximum absolute atomic E-state index is 11.5. The fourth-order valence-electron chi connectivity index (χ4n) is 4.39. The van der Waals surface area contributed by atoms with E-state index in [9.17, 15) is 4.79 Å². The first-order valence-electron chi connectivity index (χ1n) is 11.2. The van der Waals surface area contributed by atoms with Gasteiger partial charge >= 0.3 is 5.76 Å². The number of alkyl halides is 1. The molecule has 10 heteroatoms. The Morgan fingerprint density at radius 3 is 2.85 bits per heavy atom. The van der Waals surface area contributed by atoms with Crippen molar-refractivity contribution in [3.63, 3.8) is 0 Å². The number of aromatic amines is 1.